The fraction of sp³-hybridized carbons (Fsp3) is 0.270. The maximum absolute atomic E-state index is 15.0. The number of hydrogen-bond donors (Lipinski definition) is 2. The van der Waals surface area contributed by atoms with Crippen LogP contribution in [0.4, 0.5) is 21.9 Å². The zero-order valence-electron chi connectivity index (χ0n) is 27.1. The molecule has 47 heavy (non-hydrogen) atoms. The second-order valence-corrected chi connectivity index (χ2v) is 12.8. The molecule has 0 heterocycles. The van der Waals surface area contributed by atoms with Gasteiger partial charge in [0, 0.05) is 16.1 Å². The Kier molecular flexibility index (Phi) is 11.2. The van der Waals surface area contributed by atoms with Crippen molar-refractivity contribution in [1.29, 1.82) is 0 Å². The fourth-order valence-corrected chi connectivity index (χ4v) is 5.77. The number of halogens is 2. The summed E-state index contributed by atoms with van der Waals surface area (Å²) in [5.74, 6) is -1.53. The van der Waals surface area contributed by atoms with E-state index in [1.54, 1.807) is 81.4 Å². The monoisotopic (exact) mass is 675 g/mol. The number of Topliss-reactive ketones (excluding diaryl/α,β-unsaturated/α-hetero) is 1. The van der Waals surface area contributed by atoms with Gasteiger partial charge in [-0.1, -0.05) is 106 Å². The van der Waals surface area contributed by atoms with E-state index in [0.29, 0.717) is 34.7 Å². The number of amides is 2. The third-order valence-electron chi connectivity index (χ3n) is 7.58. The lowest BCUT2D eigenvalue weighted by Gasteiger charge is -2.43. The number of carbonyl (C=O) groups is 3. The minimum atomic E-state index is -2.65. The van der Waals surface area contributed by atoms with Gasteiger partial charge in [-0.2, -0.15) is 0 Å². The number of carbonyl (C=O) groups excluding carboxylic acids is 3. The Morgan fingerprint density at radius 2 is 1.45 bits per heavy atom. The fourth-order valence-electron chi connectivity index (χ4n) is 5.31. The minimum Gasteiger partial charge on any atom is -0.452 e. The number of ether oxygens (including phenoxy) is 2. The molecule has 4 aromatic rings. The van der Waals surface area contributed by atoms with E-state index in [0.717, 1.165) is 10.5 Å². The number of nitrogens with one attached hydrogen (secondary N) is 1. The van der Waals surface area contributed by atoms with Crippen molar-refractivity contribution in [1.82, 2.24) is 0 Å². The normalized spacial score (nSPS) is 12.5. The molecule has 0 saturated carbocycles. The summed E-state index contributed by atoms with van der Waals surface area (Å²) in [5.41, 5.74) is 5.57. The molecule has 0 aliphatic carbocycles. The number of nitrogen functional groups attached to an aromatic ring is 1. The van der Waals surface area contributed by atoms with Crippen LogP contribution in [0.2, 0.25) is 10.0 Å². The van der Waals surface area contributed by atoms with Gasteiger partial charge in [-0.3, -0.25) is 9.59 Å². The van der Waals surface area contributed by atoms with E-state index in [4.69, 9.17) is 38.4 Å². The maximum atomic E-state index is 15.0. The van der Waals surface area contributed by atoms with Crippen molar-refractivity contribution < 1.29 is 23.9 Å². The predicted molar refractivity (Wildman–Crippen MR) is 188 cm³/mol. The standard InChI is InChI=1S/C37H39Cl2N3O5/c1-6-27-28(7-2)32(21-19-30(27)40)42(35(45)46-23-24-14-10-8-11-15-24)37(33(43)36(3,4)5,47-26-16-12-9-13-17-26)34(44)41-31-20-18-25(38)22-29(31)39/h8-22H,6-7,23,40H2,1-5H3,(H,41,44). The summed E-state index contributed by atoms with van der Waals surface area (Å²) in [6, 6.07) is 25.2. The Bertz CT molecular complexity index is 1740. The van der Waals surface area contributed by atoms with Crippen molar-refractivity contribution in [2.24, 2.45) is 5.41 Å². The first-order chi connectivity index (χ1) is 22.3. The molecule has 0 aliphatic heterocycles. The molecule has 0 aliphatic rings. The maximum Gasteiger partial charge on any atom is 0.418 e. The number of nitrogens with two attached hydrogens (primary N) is 1. The first-order valence-electron chi connectivity index (χ1n) is 15.3. The highest BCUT2D eigenvalue weighted by Crippen LogP contribution is 2.40. The molecule has 4 rings (SSSR count). The molecule has 0 aromatic heterocycles. The van der Waals surface area contributed by atoms with Crippen LogP contribution in [0.1, 0.15) is 51.3 Å². The Hall–Kier alpha value is -4.53. The van der Waals surface area contributed by atoms with Crippen LogP contribution in [-0.4, -0.2) is 23.5 Å². The number of ketones is 1. The van der Waals surface area contributed by atoms with E-state index in [9.17, 15) is 14.4 Å². The van der Waals surface area contributed by atoms with Gasteiger partial charge in [0.15, 0.2) is 0 Å². The van der Waals surface area contributed by atoms with Crippen LogP contribution in [0.5, 0.6) is 5.75 Å². The number of anilines is 3. The van der Waals surface area contributed by atoms with Gasteiger partial charge in [0.25, 0.3) is 5.91 Å². The van der Waals surface area contributed by atoms with Crippen LogP contribution in [-0.2, 0) is 33.8 Å². The number of hydrogen-bond acceptors (Lipinski definition) is 6. The molecule has 2 amide bonds. The van der Waals surface area contributed by atoms with Gasteiger partial charge in [0.1, 0.15) is 12.4 Å². The van der Waals surface area contributed by atoms with Crippen molar-refractivity contribution in [3.63, 3.8) is 0 Å². The van der Waals surface area contributed by atoms with Crippen molar-refractivity contribution in [3.8, 4) is 5.75 Å². The molecule has 0 saturated heterocycles. The SMILES string of the molecule is CCc1c(N)ccc(N(C(=O)OCc2ccccc2)C(Oc2ccccc2)(C(=O)Nc2ccc(Cl)cc2Cl)C(=O)C(C)(C)C)c1CC. The van der Waals surface area contributed by atoms with E-state index < -0.39 is 28.9 Å². The Morgan fingerprint density at radius 3 is 2.02 bits per heavy atom. The highest BCUT2D eigenvalue weighted by Gasteiger charge is 2.60. The van der Waals surface area contributed by atoms with Crippen molar-refractivity contribution in [2.75, 3.05) is 16.0 Å². The summed E-state index contributed by atoms with van der Waals surface area (Å²) in [5, 5.41) is 3.23. The molecule has 0 radical (unpaired) electrons. The van der Waals surface area contributed by atoms with Crippen molar-refractivity contribution in [3.05, 3.63) is 118 Å². The Balaban J connectivity index is 2.07. The zero-order valence-corrected chi connectivity index (χ0v) is 28.6. The highest BCUT2D eigenvalue weighted by molar-refractivity contribution is 6.37. The van der Waals surface area contributed by atoms with Crippen molar-refractivity contribution in [2.45, 2.75) is 59.8 Å². The van der Waals surface area contributed by atoms with Crippen molar-refractivity contribution >= 4 is 58.0 Å². The lowest BCUT2D eigenvalue weighted by atomic mass is 9.82. The van der Waals surface area contributed by atoms with Gasteiger partial charge >= 0.3 is 11.8 Å². The number of para-hydroxylation sites is 1. The summed E-state index contributed by atoms with van der Waals surface area (Å²) < 4.78 is 12.4. The molecular formula is C37H39Cl2N3O5. The van der Waals surface area contributed by atoms with Crippen LogP contribution in [0.25, 0.3) is 0 Å². The van der Waals surface area contributed by atoms with E-state index in [2.05, 4.69) is 5.32 Å². The van der Waals surface area contributed by atoms with Gasteiger partial charge in [-0.15, -0.1) is 0 Å². The number of nitrogens with zero attached hydrogens (tertiary/aromatic N) is 1. The lowest BCUT2D eigenvalue weighted by Crippen LogP contribution is -2.70. The number of benzene rings is 4. The minimum absolute atomic E-state index is 0.121. The van der Waals surface area contributed by atoms with Crippen LogP contribution < -0.4 is 20.7 Å². The van der Waals surface area contributed by atoms with Gasteiger partial charge in [-0.05, 0) is 72.0 Å². The molecule has 1 atom stereocenters. The summed E-state index contributed by atoms with van der Waals surface area (Å²) in [7, 11) is 0. The average molecular weight is 677 g/mol. The van der Waals surface area contributed by atoms with Crippen LogP contribution in [0.15, 0.2) is 91.0 Å². The smallest absolute Gasteiger partial charge is 0.418 e. The second-order valence-electron chi connectivity index (χ2n) is 11.9. The van der Waals surface area contributed by atoms with E-state index in [1.165, 1.54) is 12.1 Å². The summed E-state index contributed by atoms with van der Waals surface area (Å²) in [4.78, 5) is 45.6. The Morgan fingerprint density at radius 1 is 0.830 bits per heavy atom. The molecule has 1 unspecified atom stereocenters. The van der Waals surface area contributed by atoms with E-state index in [-0.39, 0.29) is 28.8 Å². The Labute approximate surface area is 285 Å². The third kappa shape index (κ3) is 7.72. The van der Waals surface area contributed by atoms with E-state index in [1.807, 2.05) is 32.0 Å². The molecule has 0 fully saturated rings. The number of rotatable bonds is 11. The molecule has 4 aromatic carbocycles. The summed E-state index contributed by atoms with van der Waals surface area (Å²) >= 11 is 12.6. The molecule has 10 heteroatoms. The summed E-state index contributed by atoms with van der Waals surface area (Å²) in [6.07, 6.45) is -0.0367. The van der Waals surface area contributed by atoms with Crippen LogP contribution in [0.3, 0.4) is 0 Å². The summed E-state index contributed by atoms with van der Waals surface area (Å²) in [6.45, 7) is 8.66. The topological polar surface area (TPSA) is 111 Å². The second kappa shape index (κ2) is 14.9. The molecular weight excluding hydrogens is 637 g/mol. The first kappa shape index (κ1) is 35.3. The van der Waals surface area contributed by atoms with Gasteiger partial charge < -0.3 is 20.5 Å². The van der Waals surface area contributed by atoms with Gasteiger partial charge in [-0.25, -0.2) is 9.69 Å². The van der Waals surface area contributed by atoms with Crippen LogP contribution >= 0.6 is 23.2 Å². The van der Waals surface area contributed by atoms with Gasteiger partial charge in [0.2, 0.25) is 5.78 Å². The molecule has 8 nitrogen and oxygen atoms in total. The van der Waals surface area contributed by atoms with Crippen LogP contribution in [0, 0.1) is 5.41 Å². The largest absolute Gasteiger partial charge is 0.452 e. The highest BCUT2D eigenvalue weighted by atomic mass is 35.5. The average Bonchev–Trinajstić information content (AvgIpc) is 3.05. The molecule has 0 spiro atoms. The molecule has 0 bridgehead atoms. The lowest BCUT2D eigenvalue weighted by molar-refractivity contribution is -0.151. The molecule has 246 valence electrons. The van der Waals surface area contributed by atoms with Gasteiger partial charge in [0.05, 0.1) is 16.4 Å². The third-order valence-corrected chi connectivity index (χ3v) is 8.13. The first-order valence-corrected chi connectivity index (χ1v) is 16.1. The van der Waals surface area contributed by atoms with E-state index >= 15 is 0 Å². The molecule has 3 N–H and O–H groups in total. The predicted octanol–water partition coefficient (Wildman–Crippen LogP) is 8.87. The zero-order chi connectivity index (χ0) is 34.4. The quantitative estimate of drug-likeness (QED) is 0.0933.